The molecule has 0 bridgehead atoms. The Hall–Kier alpha value is -3.94. The molecular weight excluding hydrogens is 347 g/mol. The second kappa shape index (κ2) is 7.12. The van der Waals surface area contributed by atoms with E-state index in [9.17, 15) is 9.18 Å². The Balaban J connectivity index is 1.83. The van der Waals surface area contributed by atoms with Gasteiger partial charge in [0.05, 0.1) is 11.9 Å². The molecule has 1 aromatic carbocycles. The van der Waals surface area contributed by atoms with E-state index >= 15 is 0 Å². The molecule has 0 saturated carbocycles. The van der Waals surface area contributed by atoms with Crippen LogP contribution in [0.2, 0.25) is 0 Å². The van der Waals surface area contributed by atoms with Gasteiger partial charge in [-0.1, -0.05) is 17.3 Å². The van der Waals surface area contributed by atoms with Crippen molar-refractivity contribution in [3.8, 4) is 16.9 Å². The van der Waals surface area contributed by atoms with E-state index in [2.05, 4.69) is 25.6 Å². The quantitative estimate of drug-likeness (QED) is 0.604. The maximum atomic E-state index is 14.3. The number of hydrogen-bond acceptors (Lipinski definition) is 5. The Morgan fingerprint density at radius 3 is 2.52 bits per heavy atom. The van der Waals surface area contributed by atoms with Crippen LogP contribution in [0.3, 0.4) is 0 Å². The van der Waals surface area contributed by atoms with Gasteiger partial charge in [-0.05, 0) is 36.4 Å². The summed E-state index contributed by atoms with van der Waals surface area (Å²) in [5.74, 6) is -0.950. The summed E-state index contributed by atoms with van der Waals surface area (Å²) in [4.78, 5) is 20.7. The number of anilines is 1. The first-order chi connectivity index (χ1) is 13.2. The van der Waals surface area contributed by atoms with E-state index in [-0.39, 0.29) is 11.4 Å². The molecule has 132 valence electrons. The monoisotopic (exact) mass is 360 g/mol. The van der Waals surface area contributed by atoms with Gasteiger partial charge in [-0.25, -0.2) is 9.07 Å². The summed E-state index contributed by atoms with van der Waals surface area (Å²) >= 11 is 0. The highest BCUT2D eigenvalue weighted by Crippen LogP contribution is 2.26. The van der Waals surface area contributed by atoms with Crippen molar-refractivity contribution in [3.63, 3.8) is 0 Å². The van der Waals surface area contributed by atoms with Crippen molar-refractivity contribution in [2.75, 3.05) is 5.32 Å². The van der Waals surface area contributed by atoms with Gasteiger partial charge in [-0.2, -0.15) is 0 Å². The lowest BCUT2D eigenvalue weighted by molar-refractivity contribution is 0.102. The molecule has 0 spiro atoms. The molecule has 0 radical (unpaired) electrons. The number of para-hydroxylation sites is 1. The van der Waals surface area contributed by atoms with Crippen LogP contribution in [-0.2, 0) is 0 Å². The zero-order valence-corrected chi connectivity index (χ0v) is 14.0. The lowest BCUT2D eigenvalue weighted by atomic mass is 10.1. The molecule has 27 heavy (non-hydrogen) atoms. The number of hydrogen-bond donors (Lipinski definition) is 1. The van der Waals surface area contributed by atoms with Crippen molar-refractivity contribution in [2.45, 2.75) is 0 Å². The van der Waals surface area contributed by atoms with E-state index in [0.29, 0.717) is 16.9 Å². The van der Waals surface area contributed by atoms with Crippen LogP contribution in [0, 0.1) is 5.82 Å². The summed E-state index contributed by atoms with van der Waals surface area (Å²) in [7, 11) is 0. The Kier molecular flexibility index (Phi) is 4.36. The van der Waals surface area contributed by atoms with E-state index in [1.807, 2.05) is 0 Å². The van der Waals surface area contributed by atoms with Crippen molar-refractivity contribution >= 4 is 11.6 Å². The SMILES string of the molecule is O=C(Nc1cccnc1)c1nnn(-c2ccccc2F)c1-c1ccncc1. The number of benzene rings is 1. The third kappa shape index (κ3) is 3.28. The van der Waals surface area contributed by atoms with Gasteiger partial charge in [0.2, 0.25) is 0 Å². The molecule has 0 aliphatic carbocycles. The highest BCUT2D eigenvalue weighted by molar-refractivity contribution is 6.06. The minimum atomic E-state index is -0.475. The largest absolute Gasteiger partial charge is 0.319 e. The molecule has 3 heterocycles. The molecule has 4 rings (SSSR count). The summed E-state index contributed by atoms with van der Waals surface area (Å²) in [6.45, 7) is 0. The molecule has 4 aromatic rings. The van der Waals surface area contributed by atoms with Gasteiger partial charge >= 0.3 is 0 Å². The topological polar surface area (TPSA) is 85.6 Å². The lowest BCUT2D eigenvalue weighted by Crippen LogP contribution is -2.14. The number of amides is 1. The van der Waals surface area contributed by atoms with E-state index in [1.54, 1.807) is 61.1 Å². The van der Waals surface area contributed by atoms with Crippen LogP contribution in [0.4, 0.5) is 10.1 Å². The standard InChI is InChI=1S/C19H13FN6O/c20-15-5-1-2-6-16(15)26-18(13-7-10-21-11-8-13)17(24-25-26)19(27)23-14-4-3-9-22-12-14/h1-12H,(H,23,27). The number of carbonyl (C=O) groups excluding carboxylic acids is 1. The van der Waals surface area contributed by atoms with Gasteiger partial charge in [0, 0.05) is 24.2 Å². The fourth-order valence-electron chi connectivity index (χ4n) is 2.62. The van der Waals surface area contributed by atoms with Gasteiger partial charge in [-0.15, -0.1) is 5.10 Å². The van der Waals surface area contributed by atoms with Crippen molar-refractivity contribution in [3.05, 3.63) is 84.8 Å². The van der Waals surface area contributed by atoms with Crippen LogP contribution in [0.25, 0.3) is 16.9 Å². The third-order valence-electron chi connectivity index (χ3n) is 3.84. The first kappa shape index (κ1) is 16.5. The van der Waals surface area contributed by atoms with Crippen LogP contribution >= 0.6 is 0 Å². The third-order valence-corrected chi connectivity index (χ3v) is 3.84. The molecule has 1 amide bonds. The zero-order valence-electron chi connectivity index (χ0n) is 14.0. The predicted octanol–water partition coefficient (Wildman–Crippen LogP) is 3.12. The van der Waals surface area contributed by atoms with Crippen molar-refractivity contribution < 1.29 is 9.18 Å². The molecule has 0 aliphatic rings. The maximum Gasteiger partial charge on any atom is 0.278 e. The van der Waals surface area contributed by atoms with Crippen molar-refractivity contribution in [1.29, 1.82) is 0 Å². The summed E-state index contributed by atoms with van der Waals surface area (Å²) in [5, 5.41) is 10.7. The number of carbonyl (C=O) groups is 1. The van der Waals surface area contributed by atoms with Crippen LogP contribution < -0.4 is 5.32 Å². The van der Waals surface area contributed by atoms with E-state index in [4.69, 9.17) is 0 Å². The van der Waals surface area contributed by atoms with Crippen LogP contribution in [-0.4, -0.2) is 30.9 Å². The molecule has 8 heteroatoms. The highest BCUT2D eigenvalue weighted by atomic mass is 19.1. The zero-order chi connectivity index (χ0) is 18.6. The van der Waals surface area contributed by atoms with Crippen molar-refractivity contribution in [2.24, 2.45) is 0 Å². The molecule has 0 unspecified atom stereocenters. The molecule has 1 N–H and O–H groups in total. The van der Waals surface area contributed by atoms with Gasteiger partial charge in [-0.3, -0.25) is 14.8 Å². The minimum absolute atomic E-state index is 0.0632. The Morgan fingerprint density at radius 1 is 0.963 bits per heavy atom. The Labute approximate surface area is 153 Å². The number of nitrogens with zero attached hydrogens (tertiary/aromatic N) is 5. The number of aromatic nitrogens is 5. The molecule has 0 fully saturated rings. The van der Waals surface area contributed by atoms with E-state index in [0.717, 1.165) is 0 Å². The summed E-state index contributed by atoms with van der Waals surface area (Å²) < 4.78 is 15.6. The molecule has 0 saturated heterocycles. The van der Waals surface area contributed by atoms with Gasteiger partial charge in [0.25, 0.3) is 5.91 Å². The number of halogens is 1. The summed E-state index contributed by atoms with van der Waals surface area (Å²) in [6.07, 6.45) is 6.28. The fraction of sp³-hybridized carbons (Fsp3) is 0. The maximum absolute atomic E-state index is 14.3. The fourth-order valence-corrected chi connectivity index (χ4v) is 2.62. The Morgan fingerprint density at radius 2 is 1.78 bits per heavy atom. The van der Waals surface area contributed by atoms with E-state index in [1.165, 1.54) is 16.9 Å². The van der Waals surface area contributed by atoms with Crippen LogP contribution in [0.5, 0.6) is 0 Å². The molecule has 0 aliphatic heterocycles. The van der Waals surface area contributed by atoms with Gasteiger partial charge in [0.1, 0.15) is 17.2 Å². The van der Waals surface area contributed by atoms with E-state index < -0.39 is 11.7 Å². The van der Waals surface area contributed by atoms with Gasteiger partial charge in [0.15, 0.2) is 5.69 Å². The smallest absolute Gasteiger partial charge is 0.278 e. The van der Waals surface area contributed by atoms with Crippen LogP contribution in [0.15, 0.2) is 73.3 Å². The minimum Gasteiger partial charge on any atom is -0.319 e. The summed E-state index contributed by atoms with van der Waals surface area (Å²) in [6, 6.07) is 13.0. The molecule has 3 aromatic heterocycles. The van der Waals surface area contributed by atoms with Crippen molar-refractivity contribution in [1.82, 2.24) is 25.0 Å². The average Bonchev–Trinajstić information content (AvgIpc) is 3.15. The normalized spacial score (nSPS) is 10.6. The summed E-state index contributed by atoms with van der Waals surface area (Å²) in [5.41, 5.74) is 1.77. The molecular formula is C19H13FN6O. The highest BCUT2D eigenvalue weighted by Gasteiger charge is 2.23. The first-order valence-corrected chi connectivity index (χ1v) is 8.06. The number of pyridine rings is 2. The number of rotatable bonds is 4. The first-order valence-electron chi connectivity index (χ1n) is 8.06. The predicted molar refractivity (Wildman–Crippen MR) is 96.7 cm³/mol. The number of nitrogens with one attached hydrogen (secondary N) is 1. The molecule has 0 atom stereocenters. The van der Waals surface area contributed by atoms with Gasteiger partial charge < -0.3 is 5.32 Å². The molecule has 7 nitrogen and oxygen atoms in total. The lowest BCUT2D eigenvalue weighted by Gasteiger charge is -2.09. The second-order valence-electron chi connectivity index (χ2n) is 5.58. The average molecular weight is 360 g/mol. The second-order valence-corrected chi connectivity index (χ2v) is 5.58. The Bertz CT molecular complexity index is 1080. The van der Waals surface area contributed by atoms with Crippen LogP contribution in [0.1, 0.15) is 10.5 Å².